The molecular weight excluding hydrogens is 188 g/mol. The highest BCUT2D eigenvalue weighted by Gasteiger charge is 2.73. The highest BCUT2D eigenvalue weighted by atomic mass is 16.9. The third-order valence-corrected chi connectivity index (χ3v) is 2.43. The Kier molecular flexibility index (Phi) is 1.87. The molecule has 0 spiro atoms. The summed E-state index contributed by atoms with van der Waals surface area (Å²) in [6.07, 6.45) is 3.32. The summed E-state index contributed by atoms with van der Waals surface area (Å²) in [4.78, 5) is 10.7. The maximum atomic E-state index is 10.7. The molecule has 1 saturated heterocycles. The standard InChI is InChI=1S/C9H10O5/c1-13-9-7(5-11)2-6(4-10)3-8(9,12)14-9/h2-3,5,10,12H,4H2,1H3. The number of ether oxygens (including phenoxy) is 2. The van der Waals surface area contributed by atoms with E-state index >= 15 is 0 Å². The number of rotatable bonds is 3. The Hall–Kier alpha value is -1.01. The van der Waals surface area contributed by atoms with E-state index in [1.807, 2.05) is 0 Å². The van der Waals surface area contributed by atoms with Crippen molar-refractivity contribution in [2.75, 3.05) is 13.7 Å². The monoisotopic (exact) mass is 198 g/mol. The Bertz CT molecular complexity index is 345. The Morgan fingerprint density at radius 2 is 2.43 bits per heavy atom. The van der Waals surface area contributed by atoms with Gasteiger partial charge in [0.2, 0.25) is 5.79 Å². The van der Waals surface area contributed by atoms with Crippen LogP contribution < -0.4 is 0 Å². The molecule has 0 bridgehead atoms. The van der Waals surface area contributed by atoms with E-state index in [1.165, 1.54) is 19.3 Å². The molecular formula is C9H10O5. The molecule has 14 heavy (non-hydrogen) atoms. The molecule has 2 aliphatic rings. The van der Waals surface area contributed by atoms with E-state index in [0.29, 0.717) is 11.9 Å². The van der Waals surface area contributed by atoms with Gasteiger partial charge in [-0.15, -0.1) is 0 Å². The topological polar surface area (TPSA) is 79.3 Å². The molecule has 0 aromatic carbocycles. The smallest absolute Gasteiger partial charge is 0.261 e. The van der Waals surface area contributed by atoms with Crippen LogP contribution in [-0.2, 0) is 14.3 Å². The van der Waals surface area contributed by atoms with Crippen LogP contribution in [0.25, 0.3) is 0 Å². The normalized spacial score (nSPS) is 39.6. The van der Waals surface area contributed by atoms with E-state index in [0.717, 1.165) is 0 Å². The van der Waals surface area contributed by atoms with Gasteiger partial charge in [0.15, 0.2) is 6.29 Å². The largest absolute Gasteiger partial charge is 0.392 e. The van der Waals surface area contributed by atoms with Gasteiger partial charge in [-0.25, -0.2) is 0 Å². The molecule has 5 nitrogen and oxygen atoms in total. The van der Waals surface area contributed by atoms with Gasteiger partial charge in [-0.3, -0.25) is 9.53 Å². The number of fused-ring (bicyclic) bond motifs is 1. The summed E-state index contributed by atoms with van der Waals surface area (Å²) in [5.74, 6) is -2.97. The van der Waals surface area contributed by atoms with Crippen molar-refractivity contribution in [3.05, 3.63) is 23.3 Å². The van der Waals surface area contributed by atoms with Gasteiger partial charge < -0.3 is 14.9 Å². The Balaban J connectivity index is 2.43. The fourth-order valence-electron chi connectivity index (χ4n) is 1.68. The van der Waals surface area contributed by atoms with Crippen LogP contribution in [0.5, 0.6) is 0 Å². The molecule has 0 amide bonds. The first kappa shape index (κ1) is 9.54. The number of hydrogen-bond donors (Lipinski definition) is 2. The second-order valence-corrected chi connectivity index (χ2v) is 3.21. The van der Waals surface area contributed by atoms with Crippen LogP contribution in [0.1, 0.15) is 0 Å². The number of carbonyl (C=O) groups is 1. The number of carbonyl (C=O) groups excluding carboxylic acids is 1. The van der Waals surface area contributed by atoms with Gasteiger partial charge in [-0.1, -0.05) is 0 Å². The molecule has 1 fully saturated rings. The minimum atomic E-state index is -1.61. The van der Waals surface area contributed by atoms with Crippen LogP contribution in [0.2, 0.25) is 0 Å². The number of aldehydes is 1. The molecule has 2 atom stereocenters. The SMILES string of the molecule is COC12OC1(O)C=C(CO)C=C2C=O. The number of epoxide rings is 1. The lowest BCUT2D eigenvalue weighted by Gasteiger charge is -2.17. The van der Waals surface area contributed by atoms with Crippen LogP contribution in [0.3, 0.4) is 0 Å². The second kappa shape index (κ2) is 2.74. The summed E-state index contributed by atoms with van der Waals surface area (Å²) >= 11 is 0. The summed E-state index contributed by atoms with van der Waals surface area (Å²) in [6.45, 7) is -0.261. The fourth-order valence-corrected chi connectivity index (χ4v) is 1.68. The van der Waals surface area contributed by atoms with Gasteiger partial charge in [0, 0.05) is 7.11 Å². The van der Waals surface area contributed by atoms with Crippen molar-refractivity contribution in [1.82, 2.24) is 0 Å². The van der Waals surface area contributed by atoms with E-state index in [2.05, 4.69) is 0 Å². The van der Waals surface area contributed by atoms with Crippen molar-refractivity contribution in [2.45, 2.75) is 11.6 Å². The molecule has 2 unspecified atom stereocenters. The number of aliphatic hydroxyl groups is 2. The lowest BCUT2D eigenvalue weighted by molar-refractivity contribution is -0.107. The predicted octanol–water partition coefficient (Wildman–Crippen LogP) is -0.895. The first-order valence-electron chi connectivity index (χ1n) is 4.09. The Labute approximate surface area is 80.2 Å². The minimum Gasteiger partial charge on any atom is -0.392 e. The Morgan fingerprint density at radius 3 is 2.93 bits per heavy atom. The van der Waals surface area contributed by atoms with Crippen LogP contribution in [0.4, 0.5) is 0 Å². The van der Waals surface area contributed by atoms with Gasteiger partial charge in [-0.05, 0) is 17.7 Å². The average molecular weight is 198 g/mol. The molecule has 5 heteroatoms. The first-order valence-corrected chi connectivity index (χ1v) is 4.09. The molecule has 1 heterocycles. The van der Waals surface area contributed by atoms with Crippen molar-refractivity contribution in [3.63, 3.8) is 0 Å². The molecule has 0 radical (unpaired) electrons. The summed E-state index contributed by atoms with van der Waals surface area (Å²) in [6, 6.07) is 0. The summed E-state index contributed by atoms with van der Waals surface area (Å²) in [7, 11) is 1.34. The number of methoxy groups -OCH3 is 1. The van der Waals surface area contributed by atoms with E-state index in [-0.39, 0.29) is 12.2 Å². The van der Waals surface area contributed by atoms with E-state index in [4.69, 9.17) is 14.6 Å². The summed E-state index contributed by atoms with van der Waals surface area (Å²) in [5, 5.41) is 18.6. The highest BCUT2D eigenvalue weighted by molar-refractivity contribution is 5.80. The molecule has 0 aromatic heterocycles. The van der Waals surface area contributed by atoms with Crippen molar-refractivity contribution in [1.29, 1.82) is 0 Å². The second-order valence-electron chi connectivity index (χ2n) is 3.21. The molecule has 2 rings (SSSR count). The Morgan fingerprint density at radius 1 is 1.71 bits per heavy atom. The average Bonchev–Trinajstić information content (AvgIpc) is 2.82. The van der Waals surface area contributed by atoms with Crippen molar-refractivity contribution >= 4 is 6.29 Å². The van der Waals surface area contributed by atoms with Gasteiger partial charge in [0.25, 0.3) is 5.79 Å². The highest BCUT2D eigenvalue weighted by Crippen LogP contribution is 2.54. The molecule has 1 aliphatic heterocycles. The van der Waals surface area contributed by atoms with Gasteiger partial charge in [0.05, 0.1) is 12.2 Å². The first-order chi connectivity index (χ1) is 6.62. The lowest BCUT2D eigenvalue weighted by atomic mass is 9.95. The van der Waals surface area contributed by atoms with E-state index in [1.54, 1.807) is 0 Å². The zero-order chi connectivity index (χ0) is 10.4. The number of aliphatic hydroxyl groups excluding tert-OH is 1. The zero-order valence-corrected chi connectivity index (χ0v) is 7.56. The van der Waals surface area contributed by atoms with Crippen molar-refractivity contribution < 1.29 is 24.5 Å². The van der Waals surface area contributed by atoms with E-state index < -0.39 is 11.6 Å². The van der Waals surface area contributed by atoms with Crippen LogP contribution in [0.15, 0.2) is 23.3 Å². The summed E-state index contributed by atoms with van der Waals surface area (Å²) < 4.78 is 9.94. The maximum absolute atomic E-state index is 10.7. The molecule has 0 saturated carbocycles. The van der Waals surface area contributed by atoms with Gasteiger partial charge in [-0.2, -0.15) is 0 Å². The quantitative estimate of drug-likeness (QED) is 0.454. The van der Waals surface area contributed by atoms with Crippen LogP contribution in [0, 0.1) is 0 Å². The van der Waals surface area contributed by atoms with E-state index in [9.17, 15) is 9.90 Å². The molecule has 1 aliphatic carbocycles. The summed E-state index contributed by atoms with van der Waals surface area (Å²) in [5.41, 5.74) is 0.605. The third kappa shape index (κ3) is 0.949. The number of hydrogen-bond acceptors (Lipinski definition) is 5. The predicted molar refractivity (Wildman–Crippen MR) is 45.1 cm³/mol. The minimum absolute atomic E-state index is 0.175. The zero-order valence-electron chi connectivity index (χ0n) is 7.56. The molecule has 0 aromatic rings. The van der Waals surface area contributed by atoms with Gasteiger partial charge >= 0.3 is 0 Å². The van der Waals surface area contributed by atoms with Crippen LogP contribution >= 0.6 is 0 Å². The van der Waals surface area contributed by atoms with Crippen molar-refractivity contribution in [2.24, 2.45) is 0 Å². The molecule has 2 N–H and O–H groups in total. The van der Waals surface area contributed by atoms with Crippen molar-refractivity contribution in [3.8, 4) is 0 Å². The molecule has 76 valence electrons. The van der Waals surface area contributed by atoms with Crippen LogP contribution in [-0.4, -0.2) is 41.8 Å². The lowest BCUT2D eigenvalue weighted by Crippen LogP contribution is -2.32. The van der Waals surface area contributed by atoms with Gasteiger partial charge in [0.1, 0.15) is 0 Å². The maximum Gasteiger partial charge on any atom is 0.261 e. The fraction of sp³-hybridized carbons (Fsp3) is 0.444. The third-order valence-electron chi connectivity index (χ3n) is 2.43.